The predicted octanol–water partition coefficient (Wildman–Crippen LogP) is 4.23. The van der Waals surface area contributed by atoms with Crippen molar-refractivity contribution in [3.05, 3.63) is 100 Å². The van der Waals surface area contributed by atoms with Gasteiger partial charge in [-0.25, -0.2) is 4.68 Å². The number of para-hydroxylation sites is 2. The molecule has 0 aliphatic rings. The third-order valence-electron chi connectivity index (χ3n) is 5.27. The minimum atomic E-state index is -0.518. The Morgan fingerprint density at radius 2 is 1.61 bits per heavy atom. The van der Waals surface area contributed by atoms with Gasteiger partial charge in [-0.05, 0) is 12.1 Å². The van der Waals surface area contributed by atoms with Crippen molar-refractivity contribution in [3.63, 3.8) is 0 Å². The van der Waals surface area contributed by atoms with E-state index in [2.05, 4.69) is 39.1 Å². The molecule has 0 spiro atoms. The Morgan fingerprint density at radius 3 is 2.29 bits per heavy atom. The van der Waals surface area contributed by atoms with E-state index in [0.29, 0.717) is 6.54 Å². The molecule has 0 amide bonds. The fraction of sp³-hybridized carbons (Fsp3) is 0.0870. The maximum Gasteiger partial charge on any atom is 0.270 e. The molecule has 2 aromatic heterocycles. The van der Waals surface area contributed by atoms with Gasteiger partial charge >= 0.3 is 0 Å². The van der Waals surface area contributed by atoms with Gasteiger partial charge in [-0.3, -0.25) is 14.9 Å². The summed E-state index contributed by atoms with van der Waals surface area (Å²) in [5.41, 5.74) is 3.08. The highest BCUT2D eigenvalue weighted by molar-refractivity contribution is 6.08. The molecule has 152 valence electrons. The van der Waals surface area contributed by atoms with Crippen molar-refractivity contribution in [2.45, 2.75) is 13.1 Å². The smallest absolute Gasteiger partial charge is 0.270 e. The lowest BCUT2D eigenvalue weighted by molar-refractivity contribution is -0.384. The van der Waals surface area contributed by atoms with Crippen molar-refractivity contribution in [1.82, 2.24) is 19.6 Å². The number of aromatic nitrogens is 4. The molecule has 31 heavy (non-hydrogen) atoms. The minimum Gasteiger partial charge on any atom is -0.334 e. The first kappa shape index (κ1) is 18.7. The summed E-state index contributed by atoms with van der Waals surface area (Å²) in [7, 11) is 0. The standard InChI is InChI=1S/C23H17N5O3/c29-23(16-6-5-7-18(12-16)28(30)31)15-26-13-17(24-25-26)14-27-21-10-3-1-8-19(21)20-9-2-4-11-22(20)27/h1-13H,14-15H2. The maximum absolute atomic E-state index is 12.5. The predicted molar refractivity (Wildman–Crippen MR) is 116 cm³/mol. The molecule has 0 unspecified atom stereocenters. The molecule has 0 saturated heterocycles. The summed E-state index contributed by atoms with van der Waals surface area (Å²) in [5.74, 6) is -0.267. The summed E-state index contributed by atoms with van der Waals surface area (Å²) in [6.07, 6.45) is 1.73. The summed E-state index contributed by atoms with van der Waals surface area (Å²) in [5, 5.41) is 21.6. The van der Waals surface area contributed by atoms with Crippen LogP contribution in [0.15, 0.2) is 79.0 Å². The monoisotopic (exact) mass is 411 g/mol. The quantitative estimate of drug-likeness (QED) is 0.237. The zero-order valence-corrected chi connectivity index (χ0v) is 16.4. The van der Waals surface area contributed by atoms with Crippen molar-refractivity contribution < 1.29 is 9.72 Å². The number of nitro benzene ring substituents is 1. The summed E-state index contributed by atoms with van der Waals surface area (Å²) in [6, 6.07) is 22.1. The van der Waals surface area contributed by atoms with E-state index in [4.69, 9.17) is 0 Å². The molecule has 8 nitrogen and oxygen atoms in total. The van der Waals surface area contributed by atoms with Gasteiger partial charge in [-0.15, -0.1) is 5.10 Å². The Bertz CT molecular complexity index is 1400. The first-order chi connectivity index (χ1) is 15.1. The summed E-state index contributed by atoms with van der Waals surface area (Å²) in [6.45, 7) is 0.473. The summed E-state index contributed by atoms with van der Waals surface area (Å²) in [4.78, 5) is 23.0. The van der Waals surface area contributed by atoms with Crippen LogP contribution in [-0.4, -0.2) is 30.3 Å². The van der Waals surface area contributed by atoms with Crippen molar-refractivity contribution in [2.24, 2.45) is 0 Å². The van der Waals surface area contributed by atoms with Crippen LogP contribution in [0.4, 0.5) is 5.69 Å². The third-order valence-corrected chi connectivity index (χ3v) is 5.27. The molecule has 2 heterocycles. The van der Waals surface area contributed by atoms with Gasteiger partial charge in [0, 0.05) is 39.5 Å². The van der Waals surface area contributed by atoms with Gasteiger partial charge < -0.3 is 4.57 Å². The van der Waals surface area contributed by atoms with Crippen LogP contribution in [0.1, 0.15) is 16.1 Å². The van der Waals surface area contributed by atoms with Gasteiger partial charge in [0.05, 0.1) is 17.7 Å². The molecule has 0 radical (unpaired) electrons. The van der Waals surface area contributed by atoms with Gasteiger partial charge in [0.1, 0.15) is 12.2 Å². The molecule has 8 heteroatoms. The van der Waals surface area contributed by atoms with Crippen LogP contribution in [0.25, 0.3) is 21.8 Å². The number of ketones is 1. The molecule has 0 fully saturated rings. The Morgan fingerprint density at radius 1 is 0.935 bits per heavy atom. The minimum absolute atomic E-state index is 0.0403. The largest absolute Gasteiger partial charge is 0.334 e. The van der Waals surface area contributed by atoms with Crippen molar-refractivity contribution in [2.75, 3.05) is 0 Å². The van der Waals surface area contributed by atoms with E-state index in [1.165, 1.54) is 33.7 Å². The number of nitrogens with zero attached hydrogens (tertiary/aromatic N) is 5. The SMILES string of the molecule is O=C(Cn1cc(Cn2c3ccccc3c3ccccc32)nn1)c1cccc([N+](=O)[O-])c1. The number of hydrogen-bond donors (Lipinski definition) is 0. The van der Waals surface area contributed by atoms with E-state index >= 15 is 0 Å². The molecule has 0 atom stereocenters. The van der Waals surface area contributed by atoms with E-state index < -0.39 is 4.92 Å². The van der Waals surface area contributed by atoms with Crippen LogP contribution in [0, 0.1) is 10.1 Å². The molecule has 5 rings (SSSR count). The number of nitro groups is 1. The maximum atomic E-state index is 12.5. The first-order valence-electron chi connectivity index (χ1n) is 9.73. The van der Waals surface area contributed by atoms with Crippen molar-refractivity contribution >= 4 is 33.3 Å². The van der Waals surface area contributed by atoms with Gasteiger partial charge in [-0.2, -0.15) is 0 Å². The van der Waals surface area contributed by atoms with Crippen LogP contribution in [0.2, 0.25) is 0 Å². The number of hydrogen-bond acceptors (Lipinski definition) is 5. The molecule has 0 aliphatic carbocycles. The van der Waals surface area contributed by atoms with E-state index in [-0.39, 0.29) is 23.6 Å². The molecule has 0 N–H and O–H groups in total. The first-order valence-corrected chi connectivity index (χ1v) is 9.73. The normalized spacial score (nSPS) is 11.2. The Kier molecular flexibility index (Phi) is 4.51. The fourth-order valence-electron chi connectivity index (χ4n) is 3.86. The number of carbonyl (C=O) groups excluding carboxylic acids is 1. The molecule has 0 saturated carbocycles. The lowest BCUT2D eigenvalue weighted by Crippen LogP contribution is -2.11. The van der Waals surface area contributed by atoms with Crippen LogP contribution in [-0.2, 0) is 13.1 Å². The number of fused-ring (bicyclic) bond motifs is 3. The second kappa shape index (κ2) is 7.49. The molecule has 3 aromatic carbocycles. The molecular formula is C23H17N5O3. The highest BCUT2D eigenvalue weighted by Gasteiger charge is 2.15. The zero-order chi connectivity index (χ0) is 21.4. The van der Waals surface area contributed by atoms with Crippen LogP contribution < -0.4 is 0 Å². The van der Waals surface area contributed by atoms with Gasteiger partial charge in [-0.1, -0.05) is 53.7 Å². The van der Waals surface area contributed by atoms with Crippen LogP contribution in [0.3, 0.4) is 0 Å². The number of Topliss-reactive ketones (excluding diaryl/α,β-unsaturated/α-hetero) is 1. The van der Waals surface area contributed by atoms with Gasteiger partial charge in [0.2, 0.25) is 0 Å². The van der Waals surface area contributed by atoms with E-state index in [1.54, 1.807) is 12.3 Å². The lowest BCUT2D eigenvalue weighted by atomic mass is 10.1. The van der Waals surface area contributed by atoms with Gasteiger partial charge in [0.25, 0.3) is 5.69 Å². The van der Waals surface area contributed by atoms with E-state index in [0.717, 1.165) is 16.7 Å². The second-order valence-electron chi connectivity index (χ2n) is 7.26. The van der Waals surface area contributed by atoms with Crippen LogP contribution in [0.5, 0.6) is 0 Å². The topological polar surface area (TPSA) is 95.8 Å². The van der Waals surface area contributed by atoms with Crippen molar-refractivity contribution in [3.8, 4) is 0 Å². The third kappa shape index (κ3) is 3.44. The molecular weight excluding hydrogens is 394 g/mol. The van der Waals surface area contributed by atoms with Crippen molar-refractivity contribution in [1.29, 1.82) is 0 Å². The van der Waals surface area contributed by atoms with Crippen LogP contribution >= 0.6 is 0 Å². The number of benzene rings is 3. The average molecular weight is 411 g/mol. The second-order valence-corrected chi connectivity index (χ2v) is 7.26. The molecule has 5 aromatic rings. The Balaban J connectivity index is 1.41. The van der Waals surface area contributed by atoms with E-state index in [1.807, 2.05) is 24.3 Å². The highest BCUT2D eigenvalue weighted by Crippen LogP contribution is 2.29. The van der Waals surface area contributed by atoms with E-state index in [9.17, 15) is 14.9 Å². The zero-order valence-electron chi connectivity index (χ0n) is 16.4. The summed E-state index contributed by atoms with van der Waals surface area (Å²) >= 11 is 0. The number of non-ortho nitro benzene ring substituents is 1. The highest BCUT2D eigenvalue weighted by atomic mass is 16.6. The molecule has 0 bridgehead atoms. The fourth-order valence-corrected chi connectivity index (χ4v) is 3.86. The average Bonchev–Trinajstić information content (AvgIpc) is 3.37. The Hall–Kier alpha value is -4.33. The number of rotatable bonds is 6. The summed E-state index contributed by atoms with van der Waals surface area (Å²) < 4.78 is 3.64. The van der Waals surface area contributed by atoms with Gasteiger partial charge in [0.15, 0.2) is 5.78 Å². The molecule has 0 aliphatic heterocycles. The number of carbonyl (C=O) groups is 1. The Labute approximate surface area is 176 Å². The lowest BCUT2D eigenvalue weighted by Gasteiger charge is -2.04.